The molecule has 0 aliphatic carbocycles. The first-order valence-electron chi connectivity index (χ1n) is 8.70. The molecule has 0 unspecified atom stereocenters. The zero-order chi connectivity index (χ0) is 16.9. The van der Waals surface area contributed by atoms with Crippen LogP contribution >= 0.6 is 0 Å². The zero-order valence-corrected chi connectivity index (χ0v) is 15.6. The molecule has 0 aromatic heterocycles. The van der Waals surface area contributed by atoms with Gasteiger partial charge >= 0.3 is 0 Å². The first-order valence-corrected chi connectivity index (χ1v) is 8.70. The molecule has 0 spiro atoms. The average Bonchev–Trinajstić information content (AvgIpc) is 2.59. The van der Waals surface area contributed by atoms with E-state index in [9.17, 15) is 0 Å². The third kappa shape index (κ3) is 18.9. The molecule has 0 aliphatic heterocycles. The quantitative estimate of drug-likeness (QED) is 0.576. The van der Waals surface area contributed by atoms with Crippen LogP contribution in [0.5, 0.6) is 0 Å². The molecular weight excluding hydrogens is 254 g/mol. The van der Waals surface area contributed by atoms with Gasteiger partial charge in [-0.05, 0) is 24.1 Å². The van der Waals surface area contributed by atoms with Gasteiger partial charge in [0.15, 0.2) is 0 Å². The molecule has 0 saturated heterocycles. The van der Waals surface area contributed by atoms with Crippen molar-refractivity contribution in [3.8, 4) is 0 Å². The van der Waals surface area contributed by atoms with E-state index in [1.807, 2.05) is 33.8 Å². The van der Waals surface area contributed by atoms with E-state index in [-0.39, 0.29) is 0 Å². The van der Waals surface area contributed by atoms with E-state index in [0.717, 1.165) is 13.1 Å². The summed E-state index contributed by atoms with van der Waals surface area (Å²) in [6.45, 7) is 20.3. The van der Waals surface area contributed by atoms with Gasteiger partial charge < -0.3 is 5.32 Å². The van der Waals surface area contributed by atoms with Gasteiger partial charge in [-0.1, -0.05) is 98.2 Å². The zero-order valence-electron chi connectivity index (χ0n) is 15.6. The van der Waals surface area contributed by atoms with E-state index in [1.54, 1.807) is 0 Å². The third-order valence-corrected chi connectivity index (χ3v) is 2.47. The van der Waals surface area contributed by atoms with Crippen molar-refractivity contribution in [1.29, 1.82) is 0 Å². The molecule has 1 N–H and O–H groups in total. The molecule has 0 bridgehead atoms. The summed E-state index contributed by atoms with van der Waals surface area (Å²) in [5, 5.41) is 3.36. The van der Waals surface area contributed by atoms with Gasteiger partial charge in [0, 0.05) is 6.54 Å². The molecule has 0 aliphatic rings. The summed E-state index contributed by atoms with van der Waals surface area (Å²) in [6, 6.07) is 8.46. The summed E-state index contributed by atoms with van der Waals surface area (Å²) in [5.74, 6) is 0. The Morgan fingerprint density at radius 1 is 0.857 bits per heavy atom. The monoisotopic (exact) mass is 293 g/mol. The van der Waals surface area contributed by atoms with Crippen LogP contribution in [0.25, 0.3) is 6.08 Å². The molecule has 0 amide bonds. The minimum Gasteiger partial charge on any atom is -0.313 e. The molecule has 0 atom stereocenters. The molecule has 1 nitrogen and oxygen atoms in total. The molecular formula is C20H39N. The number of benzene rings is 1. The first kappa shape index (κ1) is 24.9. The van der Waals surface area contributed by atoms with Gasteiger partial charge in [-0.2, -0.15) is 0 Å². The maximum Gasteiger partial charge on any atom is 0.0205 e. The molecule has 0 radical (unpaired) electrons. The molecule has 1 heteroatoms. The molecule has 1 aromatic rings. The van der Waals surface area contributed by atoms with E-state index >= 15 is 0 Å². The molecule has 0 heterocycles. The third-order valence-electron chi connectivity index (χ3n) is 2.47. The van der Waals surface area contributed by atoms with Gasteiger partial charge in [0.25, 0.3) is 0 Å². The molecule has 1 aromatic carbocycles. The molecule has 21 heavy (non-hydrogen) atoms. The van der Waals surface area contributed by atoms with E-state index in [0.29, 0.717) is 0 Å². The van der Waals surface area contributed by atoms with Crippen LogP contribution in [-0.4, -0.2) is 6.54 Å². The largest absolute Gasteiger partial charge is 0.313 e. The topological polar surface area (TPSA) is 12.0 Å². The average molecular weight is 294 g/mol. The Kier molecular flexibility index (Phi) is 28.4. The second-order valence-electron chi connectivity index (χ2n) is 4.12. The van der Waals surface area contributed by atoms with Gasteiger partial charge in [0.05, 0.1) is 0 Å². The molecule has 124 valence electrons. The predicted octanol–water partition coefficient (Wildman–Crippen LogP) is 6.69. The van der Waals surface area contributed by atoms with Crippen LogP contribution in [0.15, 0.2) is 30.8 Å². The Morgan fingerprint density at radius 3 is 1.67 bits per heavy atom. The van der Waals surface area contributed by atoms with Gasteiger partial charge in [-0.25, -0.2) is 0 Å². The first-order chi connectivity index (χ1) is 10.3. The second kappa shape index (κ2) is 24.0. The highest BCUT2D eigenvalue weighted by molar-refractivity contribution is 5.47. The lowest BCUT2D eigenvalue weighted by Gasteiger charge is -2.03. The summed E-state index contributed by atoms with van der Waals surface area (Å²) in [4.78, 5) is 0. The van der Waals surface area contributed by atoms with Crippen molar-refractivity contribution in [3.05, 3.63) is 42.0 Å². The van der Waals surface area contributed by atoms with Crippen LogP contribution in [0.2, 0.25) is 0 Å². The van der Waals surface area contributed by atoms with E-state index < -0.39 is 0 Å². The highest BCUT2D eigenvalue weighted by Gasteiger charge is 1.90. The van der Waals surface area contributed by atoms with E-state index in [4.69, 9.17) is 0 Å². The summed E-state index contributed by atoms with van der Waals surface area (Å²) >= 11 is 0. The Morgan fingerprint density at radius 2 is 1.33 bits per heavy atom. The van der Waals surface area contributed by atoms with Crippen molar-refractivity contribution in [2.75, 3.05) is 6.54 Å². The lowest BCUT2D eigenvalue weighted by Crippen LogP contribution is -2.13. The lowest BCUT2D eigenvalue weighted by molar-refractivity contribution is 0.675. The van der Waals surface area contributed by atoms with Crippen LogP contribution in [0.4, 0.5) is 0 Å². The number of nitrogens with one attached hydrogen (secondary N) is 1. The fourth-order valence-electron chi connectivity index (χ4n) is 1.18. The second-order valence-corrected chi connectivity index (χ2v) is 4.12. The molecule has 1 rings (SSSR count). The Bertz CT molecular complexity index is 272. The van der Waals surface area contributed by atoms with Crippen molar-refractivity contribution in [2.45, 2.75) is 74.3 Å². The lowest BCUT2D eigenvalue weighted by atomic mass is 10.1. The maximum absolute atomic E-state index is 3.72. The molecule has 0 fully saturated rings. The minimum atomic E-state index is 0.964. The van der Waals surface area contributed by atoms with Gasteiger partial charge in [-0.15, -0.1) is 0 Å². The van der Waals surface area contributed by atoms with E-state index in [2.05, 4.69) is 56.9 Å². The van der Waals surface area contributed by atoms with Crippen LogP contribution in [0.3, 0.4) is 0 Å². The van der Waals surface area contributed by atoms with E-state index in [1.165, 1.54) is 30.4 Å². The summed E-state index contributed by atoms with van der Waals surface area (Å²) < 4.78 is 0. The van der Waals surface area contributed by atoms with Gasteiger partial charge in [0.2, 0.25) is 0 Å². The van der Waals surface area contributed by atoms with Crippen molar-refractivity contribution in [2.24, 2.45) is 0 Å². The fraction of sp³-hybridized carbons (Fsp3) is 0.600. The Balaban J connectivity index is -0.000000343. The normalized spacial score (nSPS) is 8.14. The van der Waals surface area contributed by atoms with Crippen molar-refractivity contribution >= 4 is 6.08 Å². The summed E-state index contributed by atoms with van der Waals surface area (Å²) in [7, 11) is 0. The standard InChI is InChI=1S/C12H17N.C4H10.2C2H6/c1-3-9-13-10-12-7-5-11(4-2)6-8-12;1-3-4-2;2*1-2/h4-8,13H,2-3,9-10H2,1H3;3-4H2,1-2H3;2*1-2H3. The Labute approximate surface area is 134 Å². The number of hydrogen-bond acceptors (Lipinski definition) is 1. The maximum atomic E-state index is 3.72. The van der Waals surface area contributed by atoms with Gasteiger partial charge in [0.1, 0.15) is 0 Å². The smallest absolute Gasteiger partial charge is 0.0205 e. The summed E-state index contributed by atoms with van der Waals surface area (Å²) in [6.07, 6.45) is 5.69. The Hall–Kier alpha value is -1.08. The van der Waals surface area contributed by atoms with Crippen LogP contribution < -0.4 is 5.32 Å². The van der Waals surface area contributed by atoms with Crippen LogP contribution in [0, 0.1) is 0 Å². The highest BCUT2D eigenvalue weighted by atomic mass is 14.8. The minimum absolute atomic E-state index is 0.964. The predicted molar refractivity (Wildman–Crippen MR) is 102 cm³/mol. The van der Waals surface area contributed by atoms with Crippen LogP contribution in [-0.2, 0) is 6.54 Å². The van der Waals surface area contributed by atoms with Gasteiger partial charge in [-0.3, -0.25) is 0 Å². The number of unbranched alkanes of at least 4 members (excludes halogenated alkanes) is 1. The van der Waals surface area contributed by atoms with Crippen LogP contribution in [0.1, 0.15) is 78.9 Å². The SMILES string of the molecule is C=Cc1ccc(CNCCC)cc1.CC.CC.CCCC. The summed E-state index contributed by atoms with van der Waals surface area (Å²) in [5.41, 5.74) is 2.51. The highest BCUT2D eigenvalue weighted by Crippen LogP contribution is 2.04. The van der Waals surface area contributed by atoms with Crippen molar-refractivity contribution < 1.29 is 0 Å². The fourth-order valence-corrected chi connectivity index (χ4v) is 1.18. The number of rotatable bonds is 6. The number of hydrogen-bond donors (Lipinski definition) is 1. The van der Waals surface area contributed by atoms with Crippen molar-refractivity contribution in [3.63, 3.8) is 0 Å². The molecule has 0 saturated carbocycles. The van der Waals surface area contributed by atoms with Crippen molar-refractivity contribution in [1.82, 2.24) is 5.32 Å².